The van der Waals surface area contributed by atoms with Gasteiger partial charge in [0.1, 0.15) is 5.69 Å². The van der Waals surface area contributed by atoms with Crippen molar-refractivity contribution < 1.29 is 18.0 Å². The molecule has 0 saturated carbocycles. The number of carbonyl (C=O) groups excluding carboxylic acids is 1. The highest BCUT2D eigenvalue weighted by atomic mass is 19.4. The molecule has 0 radical (unpaired) electrons. The number of halogens is 3. The zero-order valence-electron chi connectivity index (χ0n) is 12.1. The largest absolute Gasteiger partial charge is 0.416 e. The van der Waals surface area contributed by atoms with E-state index in [2.05, 4.69) is 15.5 Å². The van der Waals surface area contributed by atoms with Gasteiger partial charge in [-0.15, -0.1) is 0 Å². The van der Waals surface area contributed by atoms with E-state index in [1.54, 1.807) is 6.92 Å². The average molecular weight is 325 g/mol. The Labute approximate surface area is 129 Å². The van der Waals surface area contributed by atoms with Gasteiger partial charge < -0.3 is 5.32 Å². The number of H-pyrrole nitrogens is 1. The lowest BCUT2D eigenvalue weighted by atomic mass is 10.0. The summed E-state index contributed by atoms with van der Waals surface area (Å²) in [6.45, 7) is 1.59. The third-order valence-corrected chi connectivity index (χ3v) is 3.14. The summed E-state index contributed by atoms with van der Waals surface area (Å²) in [6.07, 6.45) is -4.43. The summed E-state index contributed by atoms with van der Waals surface area (Å²) in [7, 11) is 0. The van der Waals surface area contributed by atoms with Crippen LogP contribution >= 0.6 is 0 Å². The Kier molecular flexibility index (Phi) is 4.83. The quantitative estimate of drug-likeness (QED) is 0.904. The second-order valence-electron chi connectivity index (χ2n) is 5.04. The highest BCUT2D eigenvalue weighted by molar-refractivity contribution is 5.92. The van der Waals surface area contributed by atoms with E-state index in [0.29, 0.717) is 0 Å². The van der Waals surface area contributed by atoms with Crippen molar-refractivity contribution in [3.63, 3.8) is 0 Å². The Morgan fingerprint density at radius 1 is 1.26 bits per heavy atom. The van der Waals surface area contributed by atoms with Crippen molar-refractivity contribution in [3.8, 4) is 0 Å². The molecule has 2 aromatic rings. The predicted molar refractivity (Wildman–Crippen MR) is 76.9 cm³/mol. The van der Waals surface area contributed by atoms with Crippen LogP contribution in [0.4, 0.5) is 13.2 Å². The van der Waals surface area contributed by atoms with Gasteiger partial charge in [-0.05, 0) is 31.0 Å². The van der Waals surface area contributed by atoms with Gasteiger partial charge in [-0.1, -0.05) is 18.2 Å². The maximum atomic E-state index is 12.9. The molecular weight excluding hydrogens is 311 g/mol. The molecule has 0 spiro atoms. The molecule has 0 aliphatic heterocycles. The standard InChI is InChI=1S/C15H14F3N3O2/c1-9(19-14(23)12-6-7-13(22)21-20-12)8-10-4-2-3-5-11(10)15(16,17)18/h2-7,9H,8H2,1H3,(H,19,23)(H,21,22)/t9-/m0/s1. The van der Waals surface area contributed by atoms with Crippen molar-refractivity contribution in [2.45, 2.75) is 25.6 Å². The minimum atomic E-state index is -4.44. The molecule has 1 heterocycles. The first-order valence-electron chi connectivity index (χ1n) is 6.79. The topological polar surface area (TPSA) is 74.8 Å². The molecular formula is C15H14F3N3O2. The maximum Gasteiger partial charge on any atom is 0.416 e. The summed E-state index contributed by atoms with van der Waals surface area (Å²) >= 11 is 0. The molecule has 23 heavy (non-hydrogen) atoms. The predicted octanol–water partition coefficient (Wildman–Crippen LogP) is 2.15. The van der Waals surface area contributed by atoms with E-state index >= 15 is 0 Å². The van der Waals surface area contributed by atoms with Crippen molar-refractivity contribution in [1.82, 2.24) is 15.5 Å². The number of benzene rings is 1. The first-order valence-corrected chi connectivity index (χ1v) is 6.79. The van der Waals surface area contributed by atoms with E-state index in [0.717, 1.165) is 12.1 Å². The van der Waals surface area contributed by atoms with Crippen LogP contribution in [0.25, 0.3) is 0 Å². The third-order valence-electron chi connectivity index (χ3n) is 3.14. The van der Waals surface area contributed by atoms with Crippen molar-refractivity contribution in [1.29, 1.82) is 0 Å². The zero-order chi connectivity index (χ0) is 17.0. The van der Waals surface area contributed by atoms with Gasteiger partial charge in [-0.3, -0.25) is 9.59 Å². The van der Waals surface area contributed by atoms with Crippen molar-refractivity contribution in [2.24, 2.45) is 0 Å². The van der Waals surface area contributed by atoms with Gasteiger partial charge in [0.2, 0.25) is 0 Å². The number of amides is 1. The Hall–Kier alpha value is -2.64. The number of aromatic amines is 1. The summed E-state index contributed by atoms with van der Waals surface area (Å²) in [5, 5.41) is 8.24. The first kappa shape index (κ1) is 16.7. The van der Waals surface area contributed by atoms with E-state index < -0.39 is 29.2 Å². The van der Waals surface area contributed by atoms with E-state index in [1.165, 1.54) is 24.3 Å². The van der Waals surface area contributed by atoms with E-state index in [1.807, 2.05) is 0 Å². The van der Waals surface area contributed by atoms with Crippen LogP contribution < -0.4 is 10.9 Å². The van der Waals surface area contributed by atoms with Gasteiger partial charge in [0.25, 0.3) is 11.5 Å². The van der Waals surface area contributed by atoms with Gasteiger partial charge in [-0.2, -0.15) is 18.3 Å². The Balaban J connectivity index is 2.08. The summed E-state index contributed by atoms with van der Waals surface area (Å²) in [5.74, 6) is -0.571. The van der Waals surface area contributed by atoms with Crippen LogP contribution in [-0.4, -0.2) is 22.1 Å². The minimum Gasteiger partial charge on any atom is -0.348 e. The minimum absolute atomic E-state index is 0.0134. The smallest absolute Gasteiger partial charge is 0.348 e. The molecule has 0 aliphatic rings. The van der Waals surface area contributed by atoms with Gasteiger partial charge in [0.05, 0.1) is 5.56 Å². The normalized spacial score (nSPS) is 12.7. The lowest BCUT2D eigenvalue weighted by molar-refractivity contribution is -0.138. The monoisotopic (exact) mass is 325 g/mol. The molecule has 0 saturated heterocycles. The molecule has 1 aromatic carbocycles. The molecule has 122 valence electrons. The number of hydrogen-bond donors (Lipinski definition) is 2. The molecule has 1 amide bonds. The van der Waals surface area contributed by atoms with Crippen LogP contribution in [0.1, 0.15) is 28.5 Å². The molecule has 0 aliphatic carbocycles. The second-order valence-corrected chi connectivity index (χ2v) is 5.04. The summed E-state index contributed by atoms with van der Waals surface area (Å²) in [5.41, 5.74) is -1.08. The Morgan fingerprint density at radius 3 is 2.57 bits per heavy atom. The molecule has 8 heteroatoms. The fourth-order valence-corrected chi connectivity index (χ4v) is 2.12. The highest BCUT2D eigenvalue weighted by Crippen LogP contribution is 2.32. The summed E-state index contributed by atoms with van der Waals surface area (Å²) < 4.78 is 38.8. The van der Waals surface area contributed by atoms with Gasteiger partial charge >= 0.3 is 6.18 Å². The number of rotatable bonds is 4. The fraction of sp³-hybridized carbons (Fsp3) is 0.267. The van der Waals surface area contributed by atoms with Gasteiger partial charge in [0, 0.05) is 12.1 Å². The number of nitrogens with zero attached hydrogens (tertiary/aromatic N) is 1. The van der Waals surface area contributed by atoms with Gasteiger partial charge in [-0.25, -0.2) is 5.10 Å². The van der Waals surface area contributed by atoms with Crippen molar-refractivity contribution in [3.05, 3.63) is 63.6 Å². The maximum absolute atomic E-state index is 12.9. The van der Waals surface area contributed by atoms with Crippen LogP contribution in [0, 0.1) is 0 Å². The highest BCUT2D eigenvalue weighted by Gasteiger charge is 2.33. The number of alkyl halides is 3. The summed E-state index contributed by atoms with van der Waals surface area (Å²) in [4.78, 5) is 22.8. The molecule has 0 fully saturated rings. The van der Waals surface area contributed by atoms with Crippen LogP contribution in [0.15, 0.2) is 41.2 Å². The van der Waals surface area contributed by atoms with Crippen molar-refractivity contribution >= 4 is 5.91 Å². The lowest BCUT2D eigenvalue weighted by Crippen LogP contribution is -2.35. The summed E-state index contributed by atoms with van der Waals surface area (Å²) in [6, 6.07) is 7.06. The number of carbonyl (C=O) groups is 1. The van der Waals surface area contributed by atoms with Crippen molar-refractivity contribution in [2.75, 3.05) is 0 Å². The molecule has 1 aromatic heterocycles. The number of aromatic nitrogens is 2. The fourth-order valence-electron chi connectivity index (χ4n) is 2.12. The zero-order valence-corrected chi connectivity index (χ0v) is 12.1. The second kappa shape index (κ2) is 6.64. The van der Waals surface area contributed by atoms with Crippen LogP contribution in [-0.2, 0) is 12.6 Å². The molecule has 1 atom stereocenters. The Bertz CT molecular complexity index is 736. The molecule has 0 bridgehead atoms. The molecule has 0 unspecified atom stereocenters. The third kappa shape index (κ3) is 4.41. The van der Waals surface area contributed by atoms with Crippen LogP contribution in [0.2, 0.25) is 0 Å². The van der Waals surface area contributed by atoms with Crippen LogP contribution in [0.3, 0.4) is 0 Å². The number of nitrogens with one attached hydrogen (secondary N) is 2. The molecule has 5 nitrogen and oxygen atoms in total. The SMILES string of the molecule is C[C@@H](Cc1ccccc1C(F)(F)F)NC(=O)c1ccc(=O)[nH]n1. The first-order chi connectivity index (χ1) is 10.8. The van der Waals surface area contributed by atoms with E-state index in [-0.39, 0.29) is 17.7 Å². The van der Waals surface area contributed by atoms with Gasteiger partial charge in [0.15, 0.2) is 0 Å². The average Bonchev–Trinajstić information content (AvgIpc) is 2.47. The Morgan fingerprint density at radius 2 is 1.96 bits per heavy atom. The molecule has 2 rings (SSSR count). The van der Waals surface area contributed by atoms with E-state index in [4.69, 9.17) is 0 Å². The lowest BCUT2D eigenvalue weighted by Gasteiger charge is -2.17. The van der Waals surface area contributed by atoms with Crippen LogP contribution in [0.5, 0.6) is 0 Å². The number of hydrogen-bond acceptors (Lipinski definition) is 3. The van der Waals surface area contributed by atoms with E-state index in [9.17, 15) is 22.8 Å². The molecule has 2 N–H and O–H groups in total.